The van der Waals surface area contributed by atoms with E-state index in [-0.39, 0.29) is 21.7 Å². The fourth-order valence-corrected chi connectivity index (χ4v) is 3.05. The Bertz CT molecular complexity index is 720. The fraction of sp³-hybridized carbons (Fsp3) is 0.500. The van der Waals surface area contributed by atoms with Crippen LogP contribution in [0.5, 0.6) is 5.75 Å². The lowest BCUT2D eigenvalue weighted by atomic mass is 9.90. The van der Waals surface area contributed by atoms with Crippen LogP contribution in [0, 0.1) is 11.8 Å². The van der Waals surface area contributed by atoms with E-state index in [1.165, 1.54) is 0 Å². The summed E-state index contributed by atoms with van der Waals surface area (Å²) in [6.45, 7) is 6.53. The van der Waals surface area contributed by atoms with Crippen molar-refractivity contribution in [3.05, 3.63) is 26.7 Å². The number of ether oxygens (including phenoxy) is 2. The van der Waals surface area contributed by atoms with Crippen molar-refractivity contribution < 1.29 is 29.0 Å². The number of hydrogen-bond acceptors (Lipinski definition) is 5. The third-order valence-corrected chi connectivity index (χ3v) is 5.42. The Balaban J connectivity index is 2.92. The van der Waals surface area contributed by atoms with Gasteiger partial charge in [-0.1, -0.05) is 62.0 Å². The predicted octanol–water partition coefficient (Wildman–Crippen LogP) is 5.26. The molecule has 0 aliphatic heterocycles. The van der Waals surface area contributed by atoms with Crippen molar-refractivity contribution in [3.8, 4) is 5.75 Å². The third kappa shape index (κ3) is 6.55. The summed E-state index contributed by atoms with van der Waals surface area (Å²) >= 11 is 17.9. The number of carbonyl (C=O) groups is 3. The normalized spacial score (nSPS) is 13.0. The summed E-state index contributed by atoms with van der Waals surface area (Å²) in [7, 11) is 0. The van der Waals surface area contributed by atoms with Crippen LogP contribution in [0.3, 0.4) is 0 Å². The van der Waals surface area contributed by atoms with E-state index in [9.17, 15) is 14.4 Å². The van der Waals surface area contributed by atoms with Gasteiger partial charge in [-0.25, -0.2) is 14.4 Å². The minimum Gasteiger partial charge on any atom is -0.473 e. The van der Waals surface area contributed by atoms with Gasteiger partial charge in [0, 0.05) is 0 Å². The smallest absolute Gasteiger partial charge is 0.422 e. The summed E-state index contributed by atoms with van der Waals surface area (Å²) in [5, 5.41) is 8.14. The van der Waals surface area contributed by atoms with Crippen molar-refractivity contribution in [1.82, 2.24) is 0 Å². The Morgan fingerprint density at radius 3 is 2.30 bits per heavy atom. The molecule has 1 aromatic rings. The molecule has 0 radical (unpaired) electrons. The zero-order chi connectivity index (χ0) is 20.7. The Hall–Kier alpha value is -1.50. The van der Waals surface area contributed by atoms with Crippen LogP contribution in [0.1, 0.15) is 50.4 Å². The summed E-state index contributed by atoms with van der Waals surface area (Å²) in [6, 6.07) is 1.14. The van der Waals surface area contributed by atoms with Crippen molar-refractivity contribution >= 4 is 52.7 Å². The van der Waals surface area contributed by atoms with Crippen LogP contribution >= 0.6 is 34.8 Å². The van der Waals surface area contributed by atoms with Crippen LogP contribution < -0.4 is 4.74 Å². The topological polar surface area (TPSA) is 89.9 Å². The molecule has 1 aromatic carbocycles. The largest absolute Gasteiger partial charge is 0.473 e. The highest BCUT2D eigenvalue weighted by Gasteiger charge is 2.27. The number of aliphatic carboxylic acids is 1. The number of benzene rings is 1. The summed E-state index contributed by atoms with van der Waals surface area (Å²) in [4.78, 5) is 34.5. The standard InChI is InChI=1S/C18H21Cl3O6/c1-4-9(2)10(3)6-5-7-26-17(24)13-14(21)11(19)8-12(20)15(13)27-18(25)16(22)23/h8-10H,4-7H2,1-3H3,(H,22,23). The molecule has 0 bridgehead atoms. The number of halogens is 3. The third-order valence-electron chi connectivity index (χ3n) is 4.35. The molecule has 0 aliphatic rings. The van der Waals surface area contributed by atoms with Crippen LogP contribution in [0.2, 0.25) is 15.1 Å². The summed E-state index contributed by atoms with van der Waals surface area (Å²) < 4.78 is 9.86. The second-order valence-corrected chi connectivity index (χ2v) is 7.39. The molecular weight excluding hydrogens is 419 g/mol. The van der Waals surface area contributed by atoms with Gasteiger partial charge in [-0.05, 0) is 30.7 Å². The van der Waals surface area contributed by atoms with Crippen molar-refractivity contribution in [2.24, 2.45) is 11.8 Å². The van der Waals surface area contributed by atoms with Gasteiger partial charge in [0.2, 0.25) is 0 Å². The highest BCUT2D eigenvalue weighted by molar-refractivity contribution is 6.46. The van der Waals surface area contributed by atoms with Gasteiger partial charge in [0.25, 0.3) is 0 Å². The number of hydrogen-bond donors (Lipinski definition) is 1. The van der Waals surface area contributed by atoms with Crippen LogP contribution in [0.4, 0.5) is 0 Å². The van der Waals surface area contributed by atoms with Gasteiger partial charge in [-0.3, -0.25) is 0 Å². The van der Waals surface area contributed by atoms with E-state index in [4.69, 9.17) is 44.6 Å². The maximum atomic E-state index is 12.4. The summed E-state index contributed by atoms with van der Waals surface area (Å²) in [6.07, 6.45) is 2.57. The van der Waals surface area contributed by atoms with Gasteiger partial charge in [0.1, 0.15) is 5.56 Å². The van der Waals surface area contributed by atoms with Gasteiger partial charge in [-0.2, -0.15) is 0 Å². The minimum atomic E-state index is -1.85. The fourth-order valence-electron chi connectivity index (χ4n) is 2.33. The first-order chi connectivity index (χ1) is 12.6. The highest BCUT2D eigenvalue weighted by atomic mass is 35.5. The van der Waals surface area contributed by atoms with Crippen LogP contribution in [0.25, 0.3) is 0 Å². The van der Waals surface area contributed by atoms with Gasteiger partial charge in [0.15, 0.2) is 5.75 Å². The predicted molar refractivity (Wildman–Crippen MR) is 103 cm³/mol. The Morgan fingerprint density at radius 2 is 1.74 bits per heavy atom. The first kappa shape index (κ1) is 23.5. The summed E-state index contributed by atoms with van der Waals surface area (Å²) in [5.41, 5.74) is -0.390. The maximum absolute atomic E-state index is 12.4. The maximum Gasteiger partial charge on any atom is 0.422 e. The average molecular weight is 440 g/mol. The molecule has 0 aromatic heterocycles. The van der Waals surface area contributed by atoms with E-state index in [2.05, 4.69) is 25.5 Å². The van der Waals surface area contributed by atoms with Gasteiger partial charge in [0.05, 0.1) is 21.7 Å². The molecule has 0 amide bonds. The van der Waals surface area contributed by atoms with Gasteiger partial charge >= 0.3 is 17.9 Å². The molecule has 0 spiro atoms. The number of rotatable bonds is 8. The number of carboxylic acid groups (broad SMARTS) is 1. The van der Waals surface area contributed by atoms with Crippen molar-refractivity contribution in [3.63, 3.8) is 0 Å². The van der Waals surface area contributed by atoms with E-state index in [0.717, 1.165) is 18.9 Å². The molecular formula is C18H21Cl3O6. The average Bonchev–Trinajstić information content (AvgIpc) is 2.61. The lowest BCUT2D eigenvalue weighted by Crippen LogP contribution is -2.21. The SMILES string of the molecule is CCC(C)C(C)CCCOC(=O)c1c(Cl)c(Cl)cc(Cl)c1OC(=O)C(=O)O. The molecule has 0 aliphatic carbocycles. The molecule has 1 N–H and O–H groups in total. The second-order valence-electron chi connectivity index (χ2n) is 6.19. The van der Waals surface area contributed by atoms with Crippen molar-refractivity contribution in [2.75, 3.05) is 6.61 Å². The molecule has 0 heterocycles. The van der Waals surface area contributed by atoms with Crippen LogP contribution in [-0.2, 0) is 14.3 Å². The molecule has 150 valence electrons. The lowest BCUT2D eigenvalue weighted by molar-refractivity contribution is -0.158. The first-order valence-corrected chi connectivity index (χ1v) is 9.53. The van der Waals surface area contributed by atoms with E-state index in [0.29, 0.717) is 18.3 Å². The van der Waals surface area contributed by atoms with E-state index >= 15 is 0 Å². The molecule has 27 heavy (non-hydrogen) atoms. The molecule has 6 nitrogen and oxygen atoms in total. The number of carboxylic acids is 1. The Kier molecular flexibility index (Phi) is 9.36. The highest BCUT2D eigenvalue weighted by Crippen LogP contribution is 2.39. The molecule has 2 atom stereocenters. The van der Waals surface area contributed by atoms with E-state index in [1.807, 2.05) is 0 Å². The number of carbonyl (C=O) groups excluding carboxylic acids is 2. The number of esters is 2. The lowest BCUT2D eigenvalue weighted by Gasteiger charge is -2.18. The monoisotopic (exact) mass is 438 g/mol. The van der Waals surface area contributed by atoms with Crippen LogP contribution in [-0.4, -0.2) is 29.6 Å². The zero-order valence-corrected chi connectivity index (χ0v) is 17.5. The second kappa shape index (κ2) is 10.7. The van der Waals surface area contributed by atoms with Gasteiger partial charge < -0.3 is 14.6 Å². The minimum absolute atomic E-state index is 0.0610. The van der Waals surface area contributed by atoms with Gasteiger partial charge in [-0.15, -0.1) is 0 Å². The van der Waals surface area contributed by atoms with E-state index < -0.39 is 29.2 Å². The molecule has 9 heteroatoms. The Labute approximate surface area is 172 Å². The van der Waals surface area contributed by atoms with Crippen LogP contribution in [0.15, 0.2) is 6.07 Å². The van der Waals surface area contributed by atoms with Crippen molar-refractivity contribution in [2.45, 2.75) is 40.0 Å². The zero-order valence-electron chi connectivity index (χ0n) is 15.2. The molecule has 1 rings (SSSR count). The molecule has 0 saturated carbocycles. The first-order valence-electron chi connectivity index (χ1n) is 8.39. The quantitative estimate of drug-likeness (QED) is 0.195. The van der Waals surface area contributed by atoms with E-state index in [1.54, 1.807) is 0 Å². The molecule has 0 saturated heterocycles. The Morgan fingerprint density at radius 1 is 1.11 bits per heavy atom. The molecule has 0 fully saturated rings. The summed E-state index contributed by atoms with van der Waals surface area (Å²) in [5.74, 6) is -3.85. The molecule has 2 unspecified atom stereocenters. The van der Waals surface area contributed by atoms with Crippen molar-refractivity contribution in [1.29, 1.82) is 0 Å².